The van der Waals surface area contributed by atoms with Crippen LogP contribution in [0.1, 0.15) is 21.5 Å². The number of benzene rings is 3. The van der Waals surface area contributed by atoms with Crippen LogP contribution >= 0.6 is 15.9 Å². The Morgan fingerprint density at radius 2 is 1.80 bits per heavy atom. The fourth-order valence-corrected chi connectivity index (χ4v) is 2.97. The Morgan fingerprint density at radius 1 is 1.03 bits per heavy atom. The number of halogens is 1. The molecule has 3 aromatic rings. The maximum Gasteiger partial charge on any atom is 0.344 e. The number of hydrogen-bond acceptors (Lipinski definition) is 5. The smallest absolute Gasteiger partial charge is 0.344 e. The highest BCUT2D eigenvalue weighted by Crippen LogP contribution is 2.19. The molecule has 0 aromatic heterocycles. The maximum atomic E-state index is 12.3. The summed E-state index contributed by atoms with van der Waals surface area (Å²) >= 11 is 3.34. The molecule has 0 bridgehead atoms. The molecule has 0 aliphatic heterocycles. The van der Waals surface area contributed by atoms with Crippen LogP contribution in [0, 0.1) is 6.92 Å². The van der Waals surface area contributed by atoms with Crippen LogP contribution < -0.4 is 15.5 Å². The molecule has 0 aliphatic rings. The highest BCUT2D eigenvalue weighted by atomic mass is 79.9. The summed E-state index contributed by atoms with van der Waals surface area (Å²) < 4.78 is 6.08. The molecule has 3 rings (SSSR count). The number of nitrogens with zero attached hydrogens (tertiary/aromatic N) is 1. The van der Waals surface area contributed by atoms with E-state index in [1.54, 1.807) is 42.5 Å². The van der Waals surface area contributed by atoms with Crippen LogP contribution in [0.4, 0.5) is 5.69 Å². The van der Waals surface area contributed by atoms with Crippen LogP contribution in [-0.4, -0.2) is 24.6 Å². The molecule has 1 amide bonds. The monoisotopic (exact) mass is 465 g/mol. The molecular weight excluding hydrogens is 446 g/mol. The summed E-state index contributed by atoms with van der Waals surface area (Å²) in [5.74, 6) is -0.359. The van der Waals surface area contributed by atoms with Gasteiger partial charge in [0.05, 0.1) is 18.3 Å². The molecule has 0 saturated heterocycles. The zero-order chi connectivity index (χ0) is 21.3. The fourth-order valence-electron chi connectivity index (χ4n) is 2.52. The fraction of sp³-hybridized carbons (Fsp3) is 0.0870. The molecule has 30 heavy (non-hydrogen) atoms. The summed E-state index contributed by atoms with van der Waals surface area (Å²) in [7, 11) is 0. The molecule has 152 valence electrons. The molecule has 3 aromatic carbocycles. The lowest BCUT2D eigenvalue weighted by molar-refractivity contribution is -0.119. The van der Waals surface area contributed by atoms with Gasteiger partial charge in [0.1, 0.15) is 5.75 Å². The van der Waals surface area contributed by atoms with Crippen molar-refractivity contribution >= 4 is 39.7 Å². The van der Waals surface area contributed by atoms with Crippen molar-refractivity contribution in [1.82, 2.24) is 5.43 Å². The zero-order valence-electron chi connectivity index (χ0n) is 16.3. The summed E-state index contributed by atoms with van der Waals surface area (Å²) in [5.41, 5.74) is 5.59. The van der Waals surface area contributed by atoms with Crippen LogP contribution in [-0.2, 0) is 4.79 Å². The van der Waals surface area contributed by atoms with Crippen LogP contribution in [0.5, 0.6) is 5.75 Å². The van der Waals surface area contributed by atoms with Crippen molar-refractivity contribution in [2.45, 2.75) is 6.92 Å². The first-order valence-electron chi connectivity index (χ1n) is 9.20. The summed E-state index contributed by atoms with van der Waals surface area (Å²) in [5, 5.41) is 6.97. The molecule has 0 fully saturated rings. The number of hydrazone groups is 1. The first-order chi connectivity index (χ1) is 14.5. The number of nitrogens with one attached hydrogen (secondary N) is 2. The lowest BCUT2D eigenvalue weighted by atomic mass is 10.2. The van der Waals surface area contributed by atoms with E-state index in [1.807, 2.05) is 37.3 Å². The van der Waals surface area contributed by atoms with Gasteiger partial charge in [0.2, 0.25) is 0 Å². The topological polar surface area (TPSA) is 79.8 Å². The van der Waals surface area contributed by atoms with Gasteiger partial charge in [-0.15, -0.1) is 0 Å². The summed E-state index contributed by atoms with van der Waals surface area (Å²) in [6.45, 7) is 2.10. The van der Waals surface area contributed by atoms with E-state index in [-0.39, 0.29) is 12.5 Å². The molecule has 0 radical (unpaired) electrons. The number of rotatable bonds is 7. The average molecular weight is 466 g/mol. The van der Waals surface area contributed by atoms with Crippen molar-refractivity contribution in [3.63, 3.8) is 0 Å². The molecule has 0 unspecified atom stereocenters. The lowest BCUT2D eigenvalue weighted by Gasteiger charge is -2.07. The Hall–Kier alpha value is -3.45. The quantitative estimate of drug-likeness (QED) is 0.232. The van der Waals surface area contributed by atoms with Crippen molar-refractivity contribution in [2.24, 2.45) is 5.10 Å². The maximum absolute atomic E-state index is 12.3. The molecule has 2 N–H and O–H groups in total. The molecule has 6 nitrogen and oxygen atoms in total. The average Bonchev–Trinajstić information content (AvgIpc) is 2.74. The van der Waals surface area contributed by atoms with Gasteiger partial charge in [-0.3, -0.25) is 4.79 Å². The first kappa shape index (κ1) is 21.3. The third-order valence-corrected chi connectivity index (χ3v) is 4.76. The van der Waals surface area contributed by atoms with Crippen molar-refractivity contribution in [3.05, 3.63) is 94.0 Å². The Kier molecular flexibility index (Phi) is 7.34. The Bertz CT molecular complexity index is 1070. The Morgan fingerprint density at radius 3 is 2.57 bits per heavy atom. The van der Waals surface area contributed by atoms with Crippen molar-refractivity contribution < 1.29 is 14.3 Å². The normalized spacial score (nSPS) is 10.6. The highest BCUT2D eigenvalue weighted by Gasteiger charge is 2.11. The van der Waals surface area contributed by atoms with E-state index in [2.05, 4.69) is 31.8 Å². The third kappa shape index (κ3) is 6.28. The van der Waals surface area contributed by atoms with E-state index in [0.29, 0.717) is 21.3 Å². The van der Waals surface area contributed by atoms with Crippen molar-refractivity contribution in [3.8, 4) is 5.75 Å². The third-order valence-electron chi connectivity index (χ3n) is 4.07. The van der Waals surface area contributed by atoms with Gasteiger partial charge >= 0.3 is 5.97 Å². The highest BCUT2D eigenvalue weighted by molar-refractivity contribution is 9.10. The number of anilines is 1. The molecule has 0 heterocycles. The van der Waals surface area contributed by atoms with E-state index in [0.717, 1.165) is 11.3 Å². The van der Waals surface area contributed by atoms with Crippen LogP contribution in [0.15, 0.2) is 82.4 Å². The largest absolute Gasteiger partial charge is 0.423 e. The van der Waals surface area contributed by atoms with E-state index in [9.17, 15) is 9.59 Å². The number of aryl methyl sites for hydroxylation is 1. The standard InChI is InChI=1S/C23H20BrN3O3/c1-16-9-11-18(12-10-16)25-15-22(28)27-26-14-17-5-4-6-19(13-17)30-23(29)20-7-2-3-8-21(20)24/h2-14,25H,15H2,1H3,(H,27,28). The SMILES string of the molecule is Cc1ccc(NCC(=O)NN=Cc2cccc(OC(=O)c3ccccc3Br)c2)cc1. The minimum atomic E-state index is -0.466. The minimum Gasteiger partial charge on any atom is -0.423 e. The Balaban J connectivity index is 1.52. The molecular formula is C23H20BrN3O3. The number of ether oxygens (including phenoxy) is 1. The Labute approximate surface area is 183 Å². The van der Waals surface area contributed by atoms with E-state index >= 15 is 0 Å². The van der Waals surface area contributed by atoms with Gasteiger partial charge in [-0.1, -0.05) is 42.0 Å². The predicted molar refractivity (Wildman–Crippen MR) is 121 cm³/mol. The lowest BCUT2D eigenvalue weighted by Crippen LogP contribution is -2.25. The second-order valence-corrected chi connectivity index (χ2v) is 7.31. The van der Waals surface area contributed by atoms with Gasteiger partial charge < -0.3 is 10.1 Å². The number of esters is 1. The van der Waals surface area contributed by atoms with E-state index in [4.69, 9.17) is 4.74 Å². The predicted octanol–water partition coefficient (Wildman–Crippen LogP) is 4.54. The number of carbonyl (C=O) groups excluding carboxylic acids is 2. The number of carbonyl (C=O) groups is 2. The summed E-state index contributed by atoms with van der Waals surface area (Å²) in [4.78, 5) is 24.2. The van der Waals surface area contributed by atoms with Gasteiger partial charge in [-0.2, -0.15) is 5.10 Å². The molecule has 7 heteroatoms. The first-order valence-corrected chi connectivity index (χ1v) is 10.00. The van der Waals surface area contributed by atoms with Gasteiger partial charge in [-0.25, -0.2) is 10.2 Å². The zero-order valence-corrected chi connectivity index (χ0v) is 17.8. The number of amides is 1. The van der Waals surface area contributed by atoms with E-state index < -0.39 is 5.97 Å². The van der Waals surface area contributed by atoms with Gasteiger partial charge in [0, 0.05) is 10.2 Å². The van der Waals surface area contributed by atoms with Gasteiger partial charge in [0.15, 0.2) is 0 Å². The summed E-state index contributed by atoms with van der Waals surface area (Å²) in [6.07, 6.45) is 1.49. The number of hydrogen-bond donors (Lipinski definition) is 2. The molecule has 0 saturated carbocycles. The van der Waals surface area contributed by atoms with E-state index in [1.165, 1.54) is 6.21 Å². The minimum absolute atomic E-state index is 0.101. The van der Waals surface area contributed by atoms with Crippen LogP contribution in [0.3, 0.4) is 0 Å². The van der Waals surface area contributed by atoms with Crippen LogP contribution in [0.2, 0.25) is 0 Å². The van der Waals surface area contributed by atoms with Crippen molar-refractivity contribution in [1.29, 1.82) is 0 Å². The second-order valence-electron chi connectivity index (χ2n) is 6.45. The molecule has 0 aliphatic carbocycles. The molecule has 0 spiro atoms. The van der Waals surface area contributed by atoms with Gasteiger partial charge in [-0.05, 0) is 64.8 Å². The second kappa shape index (κ2) is 10.4. The summed E-state index contributed by atoms with van der Waals surface area (Å²) in [6, 6.07) is 21.7. The van der Waals surface area contributed by atoms with Crippen molar-refractivity contribution in [2.75, 3.05) is 11.9 Å². The molecule has 0 atom stereocenters. The van der Waals surface area contributed by atoms with Gasteiger partial charge in [0.25, 0.3) is 5.91 Å². The van der Waals surface area contributed by atoms with Crippen LogP contribution in [0.25, 0.3) is 0 Å².